The molecule has 0 aromatic heterocycles. The molecule has 0 aromatic rings. The molecule has 2 aliphatic heterocycles. The van der Waals surface area contributed by atoms with Crippen molar-refractivity contribution in [3.8, 4) is 6.07 Å². The molecule has 88 valence electrons. The number of fused-ring (bicyclic) bond motifs is 1. The van der Waals surface area contributed by atoms with Gasteiger partial charge in [0, 0.05) is 12.3 Å². The topological polar surface area (TPSA) is 36.3 Å². The van der Waals surface area contributed by atoms with Crippen LogP contribution in [0, 0.1) is 11.3 Å². The molecule has 1 saturated carbocycles. The summed E-state index contributed by atoms with van der Waals surface area (Å²) in [5.74, 6) is 0. The van der Waals surface area contributed by atoms with E-state index in [9.17, 15) is 0 Å². The molecule has 3 heteroatoms. The summed E-state index contributed by atoms with van der Waals surface area (Å²) in [6, 6.07) is 2.17. The standard InChI is InChI=1S/C14H16N2O/c15-10-7-12-14(8-3-1-4-9-14)17-13-6-2-5-11-16(12)13/h2,5-7,11,13H,1,3-4,8-9H2/b12-7-. The summed E-state index contributed by atoms with van der Waals surface area (Å²) < 4.78 is 6.23. The van der Waals surface area contributed by atoms with Crippen LogP contribution in [-0.2, 0) is 4.74 Å². The van der Waals surface area contributed by atoms with Crippen LogP contribution in [0.15, 0.2) is 36.2 Å². The third kappa shape index (κ3) is 1.60. The summed E-state index contributed by atoms with van der Waals surface area (Å²) in [5.41, 5.74) is 0.836. The van der Waals surface area contributed by atoms with E-state index < -0.39 is 0 Å². The average Bonchev–Trinajstić information content (AvgIpc) is 2.65. The third-order valence-corrected chi connectivity index (χ3v) is 3.86. The monoisotopic (exact) mass is 228 g/mol. The van der Waals surface area contributed by atoms with E-state index in [0.717, 1.165) is 18.5 Å². The summed E-state index contributed by atoms with van der Waals surface area (Å²) >= 11 is 0. The van der Waals surface area contributed by atoms with Gasteiger partial charge in [0.15, 0.2) is 6.23 Å². The first kappa shape index (κ1) is 10.6. The molecule has 0 radical (unpaired) electrons. The zero-order valence-electron chi connectivity index (χ0n) is 9.80. The smallest absolute Gasteiger partial charge is 0.154 e. The Morgan fingerprint density at radius 3 is 2.94 bits per heavy atom. The fourth-order valence-electron chi connectivity index (χ4n) is 3.08. The Bertz CT molecular complexity index is 436. The van der Waals surface area contributed by atoms with Crippen LogP contribution >= 0.6 is 0 Å². The van der Waals surface area contributed by atoms with Crippen molar-refractivity contribution >= 4 is 0 Å². The maximum atomic E-state index is 8.98. The molecule has 17 heavy (non-hydrogen) atoms. The lowest BCUT2D eigenvalue weighted by Gasteiger charge is -2.33. The third-order valence-electron chi connectivity index (χ3n) is 3.86. The molecule has 1 atom stereocenters. The summed E-state index contributed by atoms with van der Waals surface area (Å²) in [4.78, 5) is 2.09. The lowest BCUT2D eigenvalue weighted by atomic mass is 9.82. The SMILES string of the molecule is N#C/C=C1\N2C=CC=CC2OC12CCCCC2. The fourth-order valence-corrected chi connectivity index (χ4v) is 3.08. The van der Waals surface area contributed by atoms with E-state index in [2.05, 4.69) is 17.0 Å². The number of ether oxygens (including phenoxy) is 1. The minimum atomic E-state index is -0.211. The summed E-state index contributed by atoms with van der Waals surface area (Å²) in [7, 11) is 0. The largest absolute Gasteiger partial charge is 0.342 e. The molecular weight excluding hydrogens is 212 g/mol. The Balaban J connectivity index is 1.99. The highest BCUT2D eigenvalue weighted by atomic mass is 16.5. The molecule has 1 spiro atoms. The van der Waals surface area contributed by atoms with Crippen molar-refractivity contribution in [2.24, 2.45) is 0 Å². The highest BCUT2D eigenvalue weighted by Gasteiger charge is 2.48. The van der Waals surface area contributed by atoms with Crippen LogP contribution < -0.4 is 0 Å². The Morgan fingerprint density at radius 2 is 2.18 bits per heavy atom. The van der Waals surface area contributed by atoms with Crippen molar-refractivity contribution in [2.45, 2.75) is 43.9 Å². The minimum Gasteiger partial charge on any atom is -0.342 e. The maximum Gasteiger partial charge on any atom is 0.154 e. The number of hydrogen-bond donors (Lipinski definition) is 0. The predicted molar refractivity (Wildman–Crippen MR) is 64.5 cm³/mol. The van der Waals surface area contributed by atoms with Crippen molar-refractivity contribution < 1.29 is 4.74 Å². The van der Waals surface area contributed by atoms with Crippen LogP contribution in [0.3, 0.4) is 0 Å². The fraction of sp³-hybridized carbons (Fsp3) is 0.500. The van der Waals surface area contributed by atoms with E-state index in [1.54, 1.807) is 6.08 Å². The van der Waals surface area contributed by atoms with E-state index >= 15 is 0 Å². The number of allylic oxidation sites excluding steroid dienone is 3. The molecule has 2 heterocycles. The van der Waals surface area contributed by atoms with Gasteiger partial charge in [-0.25, -0.2) is 0 Å². The van der Waals surface area contributed by atoms with Gasteiger partial charge in [-0.15, -0.1) is 0 Å². The summed E-state index contributed by atoms with van der Waals surface area (Å²) in [5, 5.41) is 8.98. The molecule has 0 aromatic carbocycles. The second-order valence-corrected chi connectivity index (χ2v) is 4.86. The van der Waals surface area contributed by atoms with Gasteiger partial charge in [0.05, 0.1) is 11.8 Å². The predicted octanol–water partition coefficient (Wildman–Crippen LogP) is 2.84. The molecule has 2 fully saturated rings. The van der Waals surface area contributed by atoms with Crippen molar-refractivity contribution in [3.05, 3.63) is 36.2 Å². The van der Waals surface area contributed by atoms with Crippen molar-refractivity contribution in [2.75, 3.05) is 0 Å². The Labute approximate surface area is 102 Å². The normalized spacial score (nSPS) is 31.8. The van der Waals surface area contributed by atoms with Gasteiger partial charge in [-0.05, 0) is 25.0 Å². The molecule has 0 amide bonds. The summed E-state index contributed by atoms with van der Waals surface area (Å²) in [6.45, 7) is 0. The van der Waals surface area contributed by atoms with Crippen molar-refractivity contribution in [3.63, 3.8) is 0 Å². The molecule has 1 aliphatic carbocycles. The molecule has 3 rings (SSSR count). The van der Waals surface area contributed by atoms with Crippen molar-refractivity contribution in [1.29, 1.82) is 5.26 Å². The van der Waals surface area contributed by atoms with Gasteiger partial charge in [0.2, 0.25) is 0 Å². The van der Waals surface area contributed by atoms with Crippen LogP contribution in [0.4, 0.5) is 0 Å². The summed E-state index contributed by atoms with van der Waals surface area (Å²) in [6.07, 6.45) is 15.4. The average molecular weight is 228 g/mol. The number of nitriles is 1. The number of rotatable bonds is 0. The zero-order valence-corrected chi connectivity index (χ0v) is 9.80. The van der Waals surface area contributed by atoms with Gasteiger partial charge in [0.25, 0.3) is 0 Å². The number of hydrogen-bond acceptors (Lipinski definition) is 3. The van der Waals surface area contributed by atoms with Gasteiger partial charge in [-0.1, -0.05) is 25.3 Å². The lowest BCUT2D eigenvalue weighted by Crippen LogP contribution is -2.33. The highest BCUT2D eigenvalue weighted by molar-refractivity contribution is 5.32. The lowest BCUT2D eigenvalue weighted by molar-refractivity contribution is -0.0450. The molecule has 3 aliphatic rings. The van der Waals surface area contributed by atoms with Gasteiger partial charge in [-0.2, -0.15) is 5.26 Å². The van der Waals surface area contributed by atoms with Crippen molar-refractivity contribution in [1.82, 2.24) is 4.90 Å². The minimum absolute atomic E-state index is 0.0160. The quantitative estimate of drug-likeness (QED) is 0.598. The van der Waals surface area contributed by atoms with E-state index in [0.29, 0.717) is 0 Å². The Kier molecular flexibility index (Phi) is 2.53. The van der Waals surface area contributed by atoms with Gasteiger partial charge >= 0.3 is 0 Å². The number of nitrogens with zero attached hydrogens (tertiary/aromatic N) is 2. The Hall–Kier alpha value is -1.53. The van der Waals surface area contributed by atoms with Crippen LogP contribution in [0.2, 0.25) is 0 Å². The molecule has 1 saturated heterocycles. The molecule has 1 unspecified atom stereocenters. The zero-order chi connectivity index (χ0) is 11.7. The van der Waals surface area contributed by atoms with Gasteiger partial charge in [-0.3, -0.25) is 0 Å². The van der Waals surface area contributed by atoms with Gasteiger partial charge in [0.1, 0.15) is 5.60 Å². The van der Waals surface area contributed by atoms with E-state index in [4.69, 9.17) is 10.00 Å². The molecule has 0 N–H and O–H groups in total. The first-order valence-electron chi connectivity index (χ1n) is 6.27. The van der Waals surface area contributed by atoms with E-state index in [1.807, 2.05) is 18.4 Å². The maximum absolute atomic E-state index is 8.98. The van der Waals surface area contributed by atoms with Crippen LogP contribution in [0.25, 0.3) is 0 Å². The van der Waals surface area contributed by atoms with Gasteiger partial charge < -0.3 is 9.64 Å². The highest BCUT2D eigenvalue weighted by Crippen LogP contribution is 2.46. The second-order valence-electron chi connectivity index (χ2n) is 4.86. The molecule has 3 nitrogen and oxygen atoms in total. The first-order valence-corrected chi connectivity index (χ1v) is 6.27. The van der Waals surface area contributed by atoms with E-state index in [-0.39, 0.29) is 11.8 Å². The first-order chi connectivity index (χ1) is 8.36. The molecule has 0 bridgehead atoms. The Morgan fingerprint density at radius 1 is 1.35 bits per heavy atom. The molecular formula is C14H16N2O. The second kappa shape index (κ2) is 4.05. The van der Waals surface area contributed by atoms with Crippen LogP contribution in [0.1, 0.15) is 32.1 Å². The van der Waals surface area contributed by atoms with E-state index in [1.165, 1.54) is 19.3 Å². The van der Waals surface area contributed by atoms with Crippen LogP contribution in [0.5, 0.6) is 0 Å². The van der Waals surface area contributed by atoms with Crippen LogP contribution in [-0.4, -0.2) is 16.7 Å².